The normalized spacial score (nSPS) is 17.4. The summed E-state index contributed by atoms with van der Waals surface area (Å²) in [5.41, 5.74) is 1.69. The average Bonchev–Trinajstić information content (AvgIpc) is 3.34. The van der Waals surface area contributed by atoms with E-state index in [-0.39, 0.29) is 5.56 Å². The summed E-state index contributed by atoms with van der Waals surface area (Å²) in [6, 6.07) is 4.72. The molecule has 168 valence electrons. The van der Waals surface area contributed by atoms with E-state index in [2.05, 4.69) is 15.3 Å². The molecular weight excluding hydrogens is 437 g/mol. The van der Waals surface area contributed by atoms with Crippen LogP contribution in [-0.4, -0.2) is 56.1 Å². The molecule has 0 saturated carbocycles. The first-order valence-electron chi connectivity index (χ1n) is 9.87. The van der Waals surface area contributed by atoms with Crippen LogP contribution in [0.25, 0.3) is 17.8 Å². The molecule has 1 aliphatic heterocycles. The zero-order valence-electron chi connectivity index (χ0n) is 17.1. The van der Waals surface area contributed by atoms with Crippen LogP contribution in [0.4, 0.5) is 13.2 Å². The van der Waals surface area contributed by atoms with Crippen LogP contribution in [-0.2, 0) is 4.79 Å². The van der Waals surface area contributed by atoms with Crippen molar-refractivity contribution in [2.24, 2.45) is 0 Å². The topological polar surface area (TPSA) is 103 Å². The number of alkyl halides is 2. The fourth-order valence-electron chi connectivity index (χ4n) is 3.53. The van der Waals surface area contributed by atoms with Crippen LogP contribution in [0.15, 0.2) is 43.0 Å². The molecule has 1 saturated heterocycles. The molecule has 2 amide bonds. The minimum atomic E-state index is -3.13. The second-order valence-electron chi connectivity index (χ2n) is 7.48. The van der Waals surface area contributed by atoms with E-state index in [0.29, 0.717) is 16.9 Å². The summed E-state index contributed by atoms with van der Waals surface area (Å²) < 4.78 is 42.0. The van der Waals surface area contributed by atoms with Crippen LogP contribution >= 0.6 is 0 Å². The lowest BCUT2D eigenvalue weighted by atomic mass is 10.1. The number of halogens is 3. The molecule has 33 heavy (non-hydrogen) atoms. The van der Waals surface area contributed by atoms with Gasteiger partial charge in [-0.05, 0) is 24.3 Å². The molecule has 4 heterocycles. The van der Waals surface area contributed by atoms with Gasteiger partial charge in [0.25, 0.3) is 11.8 Å². The van der Waals surface area contributed by atoms with Crippen LogP contribution in [0.1, 0.15) is 28.0 Å². The van der Waals surface area contributed by atoms with E-state index in [1.807, 2.05) is 0 Å². The first kappa shape index (κ1) is 22.0. The van der Waals surface area contributed by atoms with Crippen molar-refractivity contribution < 1.29 is 22.8 Å². The summed E-state index contributed by atoms with van der Waals surface area (Å²) >= 11 is 0. The van der Waals surface area contributed by atoms with Crippen molar-refractivity contribution in [2.45, 2.75) is 18.4 Å². The van der Waals surface area contributed by atoms with E-state index in [9.17, 15) is 22.8 Å². The second kappa shape index (κ2) is 8.74. The molecular formula is C22H17F3N6O2. The monoisotopic (exact) mass is 454 g/mol. The molecule has 8 nitrogen and oxygen atoms in total. The molecule has 1 atom stereocenters. The molecule has 1 N–H and O–H groups in total. The maximum Gasteiger partial charge on any atom is 0.268 e. The average molecular weight is 454 g/mol. The first-order chi connectivity index (χ1) is 15.8. The van der Waals surface area contributed by atoms with Gasteiger partial charge in [-0.1, -0.05) is 6.08 Å². The molecule has 1 fully saturated rings. The van der Waals surface area contributed by atoms with Gasteiger partial charge < -0.3 is 14.6 Å². The molecule has 4 rings (SSSR count). The number of amides is 2. The highest BCUT2D eigenvalue weighted by atomic mass is 19.3. The van der Waals surface area contributed by atoms with Gasteiger partial charge in [-0.3, -0.25) is 14.6 Å². The smallest absolute Gasteiger partial charge is 0.268 e. The van der Waals surface area contributed by atoms with Crippen molar-refractivity contribution in [2.75, 3.05) is 13.1 Å². The number of hydrogen-bond donors (Lipinski definition) is 1. The van der Waals surface area contributed by atoms with Crippen molar-refractivity contribution in [3.8, 4) is 6.07 Å². The summed E-state index contributed by atoms with van der Waals surface area (Å²) in [5, 5.41) is 11.4. The molecule has 3 aromatic heterocycles. The number of hydrogen-bond acceptors (Lipinski definition) is 5. The Labute approximate surface area is 186 Å². The number of likely N-dealkylation sites (tertiary alicyclic amines) is 1. The molecule has 0 aromatic carbocycles. The summed E-state index contributed by atoms with van der Waals surface area (Å²) in [7, 11) is 0. The zero-order chi connectivity index (χ0) is 23.6. The van der Waals surface area contributed by atoms with Gasteiger partial charge in [0.1, 0.15) is 17.5 Å². The molecule has 1 unspecified atom stereocenters. The van der Waals surface area contributed by atoms with E-state index < -0.39 is 49.1 Å². The van der Waals surface area contributed by atoms with Gasteiger partial charge in [0, 0.05) is 42.3 Å². The molecule has 11 heteroatoms. The van der Waals surface area contributed by atoms with Crippen molar-refractivity contribution in [1.82, 2.24) is 24.6 Å². The summed E-state index contributed by atoms with van der Waals surface area (Å²) in [4.78, 5) is 34.0. The number of carbonyl (C=O) groups excluding carboxylic acids is 2. The summed E-state index contributed by atoms with van der Waals surface area (Å²) in [6.45, 7) is -1.39. The Hall–Kier alpha value is -4.20. The molecule has 0 aliphatic carbocycles. The Morgan fingerprint density at radius 3 is 2.88 bits per heavy atom. The van der Waals surface area contributed by atoms with Crippen LogP contribution < -0.4 is 5.32 Å². The van der Waals surface area contributed by atoms with Gasteiger partial charge in [0.15, 0.2) is 0 Å². The lowest BCUT2D eigenvalue weighted by molar-refractivity contribution is -0.131. The highest BCUT2D eigenvalue weighted by Crippen LogP contribution is 2.31. The fraction of sp³-hybridized carbons (Fsp3) is 0.227. The van der Waals surface area contributed by atoms with Gasteiger partial charge in [-0.2, -0.15) is 5.26 Å². The van der Waals surface area contributed by atoms with Crippen molar-refractivity contribution in [3.63, 3.8) is 0 Å². The Kier molecular flexibility index (Phi) is 5.83. The number of fused-ring (bicyclic) bond motifs is 1. The minimum absolute atomic E-state index is 0.201. The third-order valence-electron chi connectivity index (χ3n) is 5.10. The summed E-state index contributed by atoms with van der Waals surface area (Å²) in [5.74, 6) is -4.92. The number of nitrogens with one attached hydrogen (secondary N) is 1. The van der Waals surface area contributed by atoms with Gasteiger partial charge in [0.05, 0.1) is 24.9 Å². The van der Waals surface area contributed by atoms with Crippen LogP contribution in [0.3, 0.4) is 0 Å². The molecule has 0 bridgehead atoms. The Balaban J connectivity index is 1.45. The number of carbonyl (C=O) groups is 2. The van der Waals surface area contributed by atoms with E-state index in [1.165, 1.54) is 41.2 Å². The highest BCUT2D eigenvalue weighted by molar-refractivity contribution is 6.00. The van der Waals surface area contributed by atoms with Crippen LogP contribution in [0, 0.1) is 17.1 Å². The zero-order valence-corrected chi connectivity index (χ0v) is 17.1. The lowest BCUT2D eigenvalue weighted by Gasteiger charge is -2.19. The quantitative estimate of drug-likeness (QED) is 0.638. The number of imidazole rings is 1. The Bertz CT molecular complexity index is 1300. The largest absolute Gasteiger partial charge is 0.343 e. The number of nitriles is 1. The van der Waals surface area contributed by atoms with Crippen molar-refractivity contribution >= 4 is 29.6 Å². The van der Waals surface area contributed by atoms with Crippen molar-refractivity contribution in [3.05, 3.63) is 65.6 Å². The maximum atomic E-state index is 13.5. The Morgan fingerprint density at radius 1 is 1.27 bits per heavy atom. The number of rotatable bonds is 5. The van der Waals surface area contributed by atoms with Gasteiger partial charge in [0.2, 0.25) is 5.91 Å². The molecule has 1 aliphatic rings. The summed E-state index contributed by atoms with van der Waals surface area (Å²) in [6.07, 6.45) is 8.22. The second-order valence-corrected chi connectivity index (χ2v) is 7.48. The van der Waals surface area contributed by atoms with Gasteiger partial charge >= 0.3 is 0 Å². The van der Waals surface area contributed by atoms with Crippen LogP contribution in [0.5, 0.6) is 0 Å². The molecule has 0 radical (unpaired) electrons. The molecule has 0 spiro atoms. The minimum Gasteiger partial charge on any atom is -0.343 e. The number of aromatic nitrogens is 3. The predicted octanol–water partition coefficient (Wildman–Crippen LogP) is 2.53. The Morgan fingerprint density at radius 2 is 2.09 bits per heavy atom. The van der Waals surface area contributed by atoms with Crippen molar-refractivity contribution in [1.29, 1.82) is 5.26 Å². The SMILES string of the molecule is N#CC1CC(F)(F)CN1C(=O)CNC(=O)c1ccncc1C=Cc1cn2cc(F)ccc2n1. The standard InChI is InChI=1S/C22H17F3N6O2/c23-15-2-4-19-29-16(12-30(19)11-15)3-1-14-9-27-6-5-18(14)21(33)28-10-20(32)31-13-22(24,25)7-17(31)8-26/h1-6,9,11-12,17H,7,10,13H2,(H,28,33). The van der Waals surface area contributed by atoms with Gasteiger partial charge in [-0.25, -0.2) is 18.2 Å². The van der Waals surface area contributed by atoms with E-state index in [4.69, 9.17) is 5.26 Å². The van der Waals surface area contributed by atoms with Crippen LogP contribution in [0.2, 0.25) is 0 Å². The third-order valence-corrected chi connectivity index (χ3v) is 5.10. The molecule has 3 aromatic rings. The number of pyridine rings is 2. The van der Waals surface area contributed by atoms with E-state index in [1.54, 1.807) is 24.4 Å². The first-order valence-corrected chi connectivity index (χ1v) is 9.87. The van der Waals surface area contributed by atoms with E-state index >= 15 is 0 Å². The number of nitrogens with zero attached hydrogens (tertiary/aromatic N) is 5. The fourth-order valence-corrected chi connectivity index (χ4v) is 3.53. The third kappa shape index (κ3) is 4.85. The van der Waals surface area contributed by atoms with E-state index in [0.717, 1.165) is 4.90 Å². The maximum absolute atomic E-state index is 13.5. The van der Waals surface area contributed by atoms with Gasteiger partial charge in [-0.15, -0.1) is 0 Å². The lowest BCUT2D eigenvalue weighted by Crippen LogP contribution is -2.43. The highest BCUT2D eigenvalue weighted by Gasteiger charge is 2.47. The predicted molar refractivity (Wildman–Crippen MR) is 111 cm³/mol.